The van der Waals surface area contributed by atoms with E-state index in [2.05, 4.69) is 31.0 Å². The van der Waals surface area contributed by atoms with Crippen molar-refractivity contribution in [2.24, 2.45) is 0 Å². The van der Waals surface area contributed by atoms with Gasteiger partial charge in [0.1, 0.15) is 0 Å². The van der Waals surface area contributed by atoms with E-state index in [4.69, 9.17) is 4.74 Å². The molecule has 0 aliphatic rings. The van der Waals surface area contributed by atoms with Crippen molar-refractivity contribution in [1.29, 1.82) is 0 Å². The fraction of sp³-hybridized carbons (Fsp3) is 1.00. The Labute approximate surface area is 95.2 Å². The maximum atomic E-state index is 5.39. The zero-order chi connectivity index (χ0) is 11.4. The van der Waals surface area contributed by atoms with Gasteiger partial charge in [-0.15, -0.1) is 0 Å². The minimum absolute atomic E-state index is 0.841. The minimum atomic E-state index is 0.841. The van der Waals surface area contributed by atoms with Gasteiger partial charge in [0.25, 0.3) is 0 Å². The fourth-order valence-corrected chi connectivity index (χ4v) is 1.50. The van der Waals surface area contributed by atoms with Crippen LogP contribution >= 0.6 is 0 Å². The van der Waals surface area contributed by atoms with Gasteiger partial charge < -0.3 is 15.0 Å². The smallest absolute Gasteiger partial charge is 0.0590 e. The molecule has 0 aliphatic carbocycles. The number of hydrogen-bond donors (Lipinski definition) is 1. The first-order valence-electron chi connectivity index (χ1n) is 6.35. The molecule has 0 amide bonds. The summed E-state index contributed by atoms with van der Waals surface area (Å²) in [5, 5.41) is 3.40. The molecule has 0 aromatic rings. The summed E-state index contributed by atoms with van der Waals surface area (Å²) in [6.07, 6.45) is 2.35. The summed E-state index contributed by atoms with van der Waals surface area (Å²) in [4.78, 5) is 2.47. The molecule has 0 aliphatic heterocycles. The van der Waals surface area contributed by atoms with E-state index in [0.717, 1.165) is 45.8 Å². The quantitative estimate of drug-likeness (QED) is 0.532. The molecule has 3 nitrogen and oxygen atoms in total. The molecule has 0 spiro atoms. The van der Waals surface area contributed by atoms with Gasteiger partial charge in [-0.25, -0.2) is 0 Å². The van der Waals surface area contributed by atoms with Gasteiger partial charge in [-0.2, -0.15) is 0 Å². The van der Waals surface area contributed by atoms with Gasteiger partial charge in [0.15, 0.2) is 0 Å². The topological polar surface area (TPSA) is 24.5 Å². The number of nitrogens with zero attached hydrogens (tertiary/aromatic N) is 1. The SMILES string of the molecule is CCCOCCNCCN(CC)CCC. The molecule has 0 saturated heterocycles. The van der Waals surface area contributed by atoms with E-state index in [1.807, 2.05) is 0 Å². The van der Waals surface area contributed by atoms with E-state index in [1.54, 1.807) is 0 Å². The Morgan fingerprint density at radius 3 is 2.33 bits per heavy atom. The second-order valence-electron chi connectivity index (χ2n) is 3.80. The molecule has 0 aromatic heterocycles. The van der Waals surface area contributed by atoms with E-state index in [0.29, 0.717) is 0 Å². The minimum Gasteiger partial charge on any atom is -0.380 e. The van der Waals surface area contributed by atoms with Crippen molar-refractivity contribution in [2.75, 3.05) is 45.9 Å². The van der Waals surface area contributed by atoms with Gasteiger partial charge in [-0.3, -0.25) is 0 Å². The van der Waals surface area contributed by atoms with Crippen molar-refractivity contribution in [3.8, 4) is 0 Å². The van der Waals surface area contributed by atoms with Crippen LogP contribution in [0.15, 0.2) is 0 Å². The molecule has 0 unspecified atom stereocenters. The summed E-state index contributed by atoms with van der Waals surface area (Å²) in [5.74, 6) is 0. The first kappa shape index (κ1) is 14.9. The predicted octanol–water partition coefficient (Wildman–Crippen LogP) is 1.73. The summed E-state index contributed by atoms with van der Waals surface area (Å²) >= 11 is 0. The lowest BCUT2D eigenvalue weighted by molar-refractivity contribution is 0.136. The van der Waals surface area contributed by atoms with Crippen molar-refractivity contribution >= 4 is 0 Å². The number of likely N-dealkylation sites (N-methyl/N-ethyl adjacent to an activating group) is 1. The highest BCUT2D eigenvalue weighted by Gasteiger charge is 1.98. The molecule has 3 heteroatoms. The first-order valence-corrected chi connectivity index (χ1v) is 6.35. The fourth-order valence-electron chi connectivity index (χ4n) is 1.50. The molecule has 0 radical (unpaired) electrons. The van der Waals surface area contributed by atoms with Gasteiger partial charge in [-0.05, 0) is 25.9 Å². The Bertz CT molecular complexity index is 120. The molecular formula is C12H28N2O. The molecule has 0 aromatic carbocycles. The molecule has 0 saturated carbocycles. The Morgan fingerprint density at radius 2 is 1.73 bits per heavy atom. The van der Waals surface area contributed by atoms with E-state index in [1.165, 1.54) is 13.0 Å². The monoisotopic (exact) mass is 216 g/mol. The van der Waals surface area contributed by atoms with Crippen molar-refractivity contribution in [3.05, 3.63) is 0 Å². The average molecular weight is 216 g/mol. The van der Waals surface area contributed by atoms with Crippen LogP contribution in [0.25, 0.3) is 0 Å². The lowest BCUT2D eigenvalue weighted by Gasteiger charge is -2.19. The largest absolute Gasteiger partial charge is 0.380 e. The Balaban J connectivity index is 3.14. The average Bonchev–Trinajstić information content (AvgIpc) is 2.26. The van der Waals surface area contributed by atoms with Gasteiger partial charge in [0, 0.05) is 26.2 Å². The normalized spacial score (nSPS) is 11.2. The van der Waals surface area contributed by atoms with Crippen LogP contribution in [0.2, 0.25) is 0 Å². The van der Waals surface area contributed by atoms with Crippen LogP contribution in [0.5, 0.6) is 0 Å². The molecule has 0 heterocycles. The highest BCUT2D eigenvalue weighted by molar-refractivity contribution is 4.56. The summed E-state index contributed by atoms with van der Waals surface area (Å²) in [5.41, 5.74) is 0. The number of ether oxygens (including phenoxy) is 1. The van der Waals surface area contributed by atoms with Crippen LogP contribution in [-0.4, -0.2) is 50.8 Å². The highest BCUT2D eigenvalue weighted by atomic mass is 16.5. The predicted molar refractivity (Wildman–Crippen MR) is 66.4 cm³/mol. The Morgan fingerprint density at radius 1 is 0.933 bits per heavy atom. The lowest BCUT2D eigenvalue weighted by atomic mass is 10.4. The molecule has 0 fully saturated rings. The molecule has 0 bridgehead atoms. The zero-order valence-electron chi connectivity index (χ0n) is 10.7. The molecular weight excluding hydrogens is 188 g/mol. The summed E-state index contributed by atoms with van der Waals surface area (Å²) in [6.45, 7) is 13.9. The summed E-state index contributed by atoms with van der Waals surface area (Å²) < 4.78 is 5.39. The van der Waals surface area contributed by atoms with Crippen molar-refractivity contribution < 1.29 is 4.74 Å². The Hall–Kier alpha value is -0.120. The third-order valence-electron chi connectivity index (χ3n) is 2.36. The molecule has 1 N–H and O–H groups in total. The number of nitrogens with one attached hydrogen (secondary N) is 1. The van der Waals surface area contributed by atoms with Crippen LogP contribution in [0.4, 0.5) is 0 Å². The van der Waals surface area contributed by atoms with Gasteiger partial charge in [0.05, 0.1) is 6.61 Å². The van der Waals surface area contributed by atoms with Crippen LogP contribution in [0.3, 0.4) is 0 Å². The van der Waals surface area contributed by atoms with E-state index < -0.39 is 0 Å². The standard InChI is InChI=1S/C12H28N2O/c1-4-9-14(6-3)10-7-13-8-12-15-11-5-2/h13H,4-12H2,1-3H3. The number of rotatable bonds is 11. The number of hydrogen-bond acceptors (Lipinski definition) is 3. The maximum absolute atomic E-state index is 5.39. The third-order valence-corrected chi connectivity index (χ3v) is 2.36. The van der Waals surface area contributed by atoms with Gasteiger partial charge in [0.2, 0.25) is 0 Å². The van der Waals surface area contributed by atoms with Crippen LogP contribution < -0.4 is 5.32 Å². The lowest BCUT2D eigenvalue weighted by Crippen LogP contribution is -2.33. The zero-order valence-corrected chi connectivity index (χ0v) is 10.7. The van der Waals surface area contributed by atoms with Gasteiger partial charge >= 0.3 is 0 Å². The first-order chi connectivity index (χ1) is 7.35. The van der Waals surface area contributed by atoms with E-state index in [9.17, 15) is 0 Å². The van der Waals surface area contributed by atoms with Crippen LogP contribution in [-0.2, 0) is 4.74 Å². The third kappa shape index (κ3) is 10.2. The summed E-state index contributed by atoms with van der Waals surface area (Å²) in [6, 6.07) is 0. The molecule has 0 rings (SSSR count). The Kier molecular flexibility index (Phi) is 11.9. The second-order valence-corrected chi connectivity index (χ2v) is 3.80. The summed E-state index contributed by atoms with van der Waals surface area (Å²) in [7, 11) is 0. The van der Waals surface area contributed by atoms with Crippen molar-refractivity contribution in [1.82, 2.24) is 10.2 Å². The van der Waals surface area contributed by atoms with E-state index in [-0.39, 0.29) is 0 Å². The molecule has 0 atom stereocenters. The van der Waals surface area contributed by atoms with E-state index >= 15 is 0 Å². The van der Waals surface area contributed by atoms with Gasteiger partial charge in [-0.1, -0.05) is 20.8 Å². The van der Waals surface area contributed by atoms with Crippen molar-refractivity contribution in [2.45, 2.75) is 33.6 Å². The molecule has 15 heavy (non-hydrogen) atoms. The van der Waals surface area contributed by atoms with Crippen LogP contribution in [0, 0.1) is 0 Å². The second kappa shape index (κ2) is 12.0. The molecule has 92 valence electrons. The maximum Gasteiger partial charge on any atom is 0.0590 e. The van der Waals surface area contributed by atoms with Crippen LogP contribution in [0.1, 0.15) is 33.6 Å². The van der Waals surface area contributed by atoms with Crippen molar-refractivity contribution in [3.63, 3.8) is 0 Å². The highest BCUT2D eigenvalue weighted by Crippen LogP contribution is 1.88.